The fourth-order valence-electron chi connectivity index (χ4n) is 2.70. The summed E-state index contributed by atoms with van der Waals surface area (Å²) in [5.41, 5.74) is 0.244. The Morgan fingerprint density at radius 3 is 2.61 bits per heavy atom. The van der Waals surface area contributed by atoms with Crippen LogP contribution < -0.4 is 5.32 Å². The summed E-state index contributed by atoms with van der Waals surface area (Å²) in [7, 11) is 0. The van der Waals surface area contributed by atoms with Crippen LogP contribution in [0.25, 0.3) is 0 Å². The lowest BCUT2D eigenvalue weighted by Gasteiger charge is -2.30. The number of hydrogen-bond acceptors (Lipinski definition) is 2. The minimum Gasteiger partial charge on any atom is -0.328 e. The van der Waals surface area contributed by atoms with Gasteiger partial charge >= 0.3 is 0 Å². The zero-order valence-corrected chi connectivity index (χ0v) is 12.6. The Labute approximate surface area is 112 Å². The van der Waals surface area contributed by atoms with Crippen molar-refractivity contribution in [1.29, 1.82) is 0 Å². The van der Waals surface area contributed by atoms with Gasteiger partial charge in [-0.1, -0.05) is 53.4 Å². The van der Waals surface area contributed by atoms with Crippen LogP contribution in [0.5, 0.6) is 0 Å². The van der Waals surface area contributed by atoms with E-state index in [0.29, 0.717) is 5.91 Å². The van der Waals surface area contributed by atoms with Gasteiger partial charge in [0.25, 0.3) is 0 Å². The zero-order chi connectivity index (χ0) is 13.6. The second-order valence-electron chi connectivity index (χ2n) is 6.36. The average Bonchev–Trinajstić information content (AvgIpc) is 2.62. The van der Waals surface area contributed by atoms with Gasteiger partial charge in [-0.05, 0) is 18.3 Å². The van der Waals surface area contributed by atoms with Crippen molar-refractivity contribution >= 4 is 5.91 Å². The Balaban J connectivity index is 2.40. The number of rotatable bonds is 8. The highest BCUT2D eigenvalue weighted by atomic mass is 16.2. The molecule has 1 fully saturated rings. The molecule has 1 unspecified atom stereocenters. The molecule has 0 aromatic carbocycles. The van der Waals surface area contributed by atoms with Crippen molar-refractivity contribution in [3.8, 4) is 0 Å². The van der Waals surface area contributed by atoms with E-state index >= 15 is 0 Å². The summed E-state index contributed by atoms with van der Waals surface area (Å²) < 4.78 is 0. The number of carbonyl (C=O) groups excluding carboxylic acids is 1. The van der Waals surface area contributed by atoms with Gasteiger partial charge in [0.1, 0.15) is 0 Å². The lowest BCUT2D eigenvalue weighted by atomic mass is 9.86. The van der Waals surface area contributed by atoms with Gasteiger partial charge in [-0.2, -0.15) is 0 Å². The van der Waals surface area contributed by atoms with Crippen molar-refractivity contribution < 1.29 is 4.79 Å². The van der Waals surface area contributed by atoms with E-state index in [4.69, 9.17) is 0 Å². The van der Waals surface area contributed by atoms with Crippen LogP contribution in [-0.2, 0) is 4.79 Å². The summed E-state index contributed by atoms with van der Waals surface area (Å²) in [6, 6.07) is 0.0708. The van der Waals surface area contributed by atoms with Gasteiger partial charge in [0, 0.05) is 6.54 Å². The molecule has 1 atom stereocenters. The number of amides is 1. The first kappa shape index (κ1) is 15.5. The highest BCUT2D eigenvalue weighted by molar-refractivity contribution is 5.83. The minimum absolute atomic E-state index is 0.0708. The van der Waals surface area contributed by atoms with E-state index in [1.54, 1.807) is 0 Å². The molecule has 0 bridgehead atoms. The van der Waals surface area contributed by atoms with E-state index in [1.807, 2.05) is 4.90 Å². The summed E-state index contributed by atoms with van der Waals surface area (Å²) >= 11 is 0. The topological polar surface area (TPSA) is 32.3 Å². The number of unbranched alkanes of at least 4 members (excludes halogenated alkanes) is 2. The molecule has 1 aliphatic heterocycles. The molecule has 1 amide bonds. The van der Waals surface area contributed by atoms with Crippen molar-refractivity contribution in [1.82, 2.24) is 10.2 Å². The molecule has 0 saturated carbocycles. The van der Waals surface area contributed by atoms with Crippen LogP contribution in [0.4, 0.5) is 0 Å². The van der Waals surface area contributed by atoms with Crippen molar-refractivity contribution in [2.75, 3.05) is 13.2 Å². The summed E-state index contributed by atoms with van der Waals surface area (Å²) in [6.45, 7) is 10.6. The molecule has 1 N–H and O–H groups in total. The third-order valence-corrected chi connectivity index (χ3v) is 3.79. The first-order chi connectivity index (χ1) is 8.50. The van der Waals surface area contributed by atoms with Crippen LogP contribution in [0.3, 0.4) is 0 Å². The van der Waals surface area contributed by atoms with Gasteiger partial charge in [0.2, 0.25) is 5.91 Å². The first-order valence-electron chi connectivity index (χ1n) is 7.52. The molecule has 1 rings (SSSR count). The van der Waals surface area contributed by atoms with Crippen LogP contribution in [0.1, 0.15) is 66.2 Å². The largest absolute Gasteiger partial charge is 0.328 e. The molecule has 106 valence electrons. The molecular weight excluding hydrogens is 224 g/mol. The number of nitrogens with one attached hydrogen (secondary N) is 1. The number of hydrogen-bond donors (Lipinski definition) is 1. The van der Waals surface area contributed by atoms with Crippen LogP contribution in [0, 0.1) is 5.41 Å². The van der Waals surface area contributed by atoms with Gasteiger partial charge in [0.05, 0.1) is 12.7 Å². The quantitative estimate of drug-likeness (QED) is 0.675. The third-order valence-electron chi connectivity index (χ3n) is 3.79. The second-order valence-corrected chi connectivity index (χ2v) is 6.36. The molecule has 0 spiro atoms. The second kappa shape index (κ2) is 7.13. The van der Waals surface area contributed by atoms with E-state index in [2.05, 4.69) is 33.0 Å². The van der Waals surface area contributed by atoms with Crippen LogP contribution in [0.2, 0.25) is 0 Å². The van der Waals surface area contributed by atoms with E-state index in [9.17, 15) is 4.79 Å². The molecule has 0 aromatic rings. The fourth-order valence-corrected chi connectivity index (χ4v) is 2.70. The van der Waals surface area contributed by atoms with Crippen LogP contribution >= 0.6 is 0 Å². The molecule has 18 heavy (non-hydrogen) atoms. The van der Waals surface area contributed by atoms with Gasteiger partial charge in [-0.3, -0.25) is 10.1 Å². The highest BCUT2D eigenvalue weighted by Gasteiger charge is 2.33. The summed E-state index contributed by atoms with van der Waals surface area (Å²) in [5, 5.41) is 3.32. The summed E-state index contributed by atoms with van der Waals surface area (Å²) in [6.07, 6.45) is 7.08. The van der Waals surface area contributed by atoms with Gasteiger partial charge in [-0.15, -0.1) is 0 Å². The molecule has 1 heterocycles. The lowest BCUT2D eigenvalue weighted by Crippen LogP contribution is -2.37. The Kier molecular flexibility index (Phi) is 6.13. The standard InChI is InChI=1S/C15H30N2O/c1-5-7-8-10-15(3,4)11-17-12-16-13(9-6-2)14(17)18/h13,16H,5-12H2,1-4H3. The number of nitrogens with zero attached hydrogens (tertiary/aromatic N) is 1. The predicted octanol–water partition coefficient (Wildman–Crippen LogP) is 3.15. The molecular formula is C15H30N2O. The average molecular weight is 254 g/mol. The third kappa shape index (κ3) is 4.60. The van der Waals surface area contributed by atoms with E-state index in [0.717, 1.165) is 26.1 Å². The Bertz CT molecular complexity index is 263. The Morgan fingerprint density at radius 1 is 1.28 bits per heavy atom. The molecule has 3 nitrogen and oxygen atoms in total. The first-order valence-corrected chi connectivity index (χ1v) is 7.52. The van der Waals surface area contributed by atoms with Crippen molar-refractivity contribution in [3.63, 3.8) is 0 Å². The van der Waals surface area contributed by atoms with Crippen LogP contribution in [-0.4, -0.2) is 30.1 Å². The summed E-state index contributed by atoms with van der Waals surface area (Å²) in [5.74, 6) is 0.306. The van der Waals surface area contributed by atoms with E-state index < -0.39 is 0 Å². The Morgan fingerprint density at radius 2 is 2.00 bits per heavy atom. The van der Waals surface area contributed by atoms with Gasteiger partial charge in [0.15, 0.2) is 0 Å². The van der Waals surface area contributed by atoms with Crippen molar-refractivity contribution in [2.45, 2.75) is 72.3 Å². The number of carbonyl (C=O) groups is 1. The fraction of sp³-hybridized carbons (Fsp3) is 0.933. The van der Waals surface area contributed by atoms with Gasteiger partial charge < -0.3 is 4.90 Å². The van der Waals surface area contributed by atoms with E-state index in [1.165, 1.54) is 25.7 Å². The maximum absolute atomic E-state index is 12.2. The molecule has 0 radical (unpaired) electrons. The Hall–Kier alpha value is -0.570. The SMILES string of the molecule is CCCCCC(C)(C)CN1CNC(CCC)C1=O. The maximum atomic E-state index is 12.2. The van der Waals surface area contributed by atoms with Crippen LogP contribution in [0.15, 0.2) is 0 Å². The minimum atomic E-state index is 0.0708. The smallest absolute Gasteiger partial charge is 0.240 e. The normalized spacial score (nSPS) is 20.8. The summed E-state index contributed by atoms with van der Waals surface area (Å²) in [4.78, 5) is 14.2. The van der Waals surface area contributed by atoms with E-state index in [-0.39, 0.29) is 11.5 Å². The predicted molar refractivity (Wildman–Crippen MR) is 76.3 cm³/mol. The molecule has 0 aromatic heterocycles. The van der Waals surface area contributed by atoms with Crippen molar-refractivity contribution in [2.24, 2.45) is 5.41 Å². The molecule has 0 aliphatic carbocycles. The van der Waals surface area contributed by atoms with Gasteiger partial charge in [-0.25, -0.2) is 0 Å². The zero-order valence-electron chi connectivity index (χ0n) is 12.6. The monoisotopic (exact) mass is 254 g/mol. The molecule has 3 heteroatoms. The van der Waals surface area contributed by atoms with Crippen molar-refractivity contribution in [3.05, 3.63) is 0 Å². The highest BCUT2D eigenvalue weighted by Crippen LogP contribution is 2.26. The molecule has 1 saturated heterocycles. The lowest BCUT2D eigenvalue weighted by molar-refractivity contribution is -0.130. The molecule has 1 aliphatic rings. The maximum Gasteiger partial charge on any atom is 0.240 e.